The molecule has 1 aromatic carbocycles. The molecule has 30 heavy (non-hydrogen) atoms. The van der Waals surface area contributed by atoms with E-state index in [1.165, 1.54) is 0 Å². The zero-order valence-corrected chi connectivity index (χ0v) is 19.5. The van der Waals surface area contributed by atoms with Gasteiger partial charge in [0.15, 0.2) is 0 Å². The number of rotatable bonds is 7. The number of ether oxygens (including phenoxy) is 1. The SMILES string of the molecule is CC(C)(C)OC(=O)N1CCN(CCCNC(=O)CNC(=O)c2cccc(Br)c2)CC1. The molecule has 9 heteroatoms. The molecule has 8 nitrogen and oxygen atoms in total. The van der Waals surface area contributed by atoms with Crippen LogP contribution >= 0.6 is 15.9 Å². The molecule has 1 fully saturated rings. The van der Waals surface area contributed by atoms with Gasteiger partial charge < -0.3 is 20.3 Å². The second kappa shape index (κ2) is 11.3. The van der Waals surface area contributed by atoms with Crippen LogP contribution in [0.15, 0.2) is 28.7 Å². The monoisotopic (exact) mass is 482 g/mol. The Morgan fingerprint density at radius 2 is 1.80 bits per heavy atom. The maximum absolute atomic E-state index is 12.1. The molecule has 3 amide bonds. The minimum atomic E-state index is -0.482. The first-order chi connectivity index (χ1) is 14.1. The molecular formula is C21H31BrN4O4. The van der Waals surface area contributed by atoms with E-state index in [0.29, 0.717) is 25.2 Å². The van der Waals surface area contributed by atoms with E-state index >= 15 is 0 Å². The molecule has 0 radical (unpaired) electrons. The summed E-state index contributed by atoms with van der Waals surface area (Å²) in [6.07, 6.45) is 0.539. The fourth-order valence-corrected chi connectivity index (χ4v) is 3.37. The Balaban J connectivity index is 1.57. The lowest BCUT2D eigenvalue weighted by atomic mass is 10.2. The average molecular weight is 483 g/mol. The Kier molecular flexibility index (Phi) is 9.10. The van der Waals surface area contributed by atoms with Crippen LogP contribution < -0.4 is 10.6 Å². The molecule has 166 valence electrons. The molecule has 1 heterocycles. The van der Waals surface area contributed by atoms with Crippen LogP contribution in [0.3, 0.4) is 0 Å². The normalized spacial score (nSPS) is 14.9. The van der Waals surface area contributed by atoms with E-state index in [1.807, 2.05) is 26.8 Å². The Bertz CT molecular complexity index is 743. The minimum Gasteiger partial charge on any atom is -0.444 e. The summed E-state index contributed by atoms with van der Waals surface area (Å²) in [5, 5.41) is 5.44. The van der Waals surface area contributed by atoms with Gasteiger partial charge in [-0.1, -0.05) is 22.0 Å². The summed E-state index contributed by atoms with van der Waals surface area (Å²) in [7, 11) is 0. The van der Waals surface area contributed by atoms with Crippen LogP contribution in [0.4, 0.5) is 4.79 Å². The van der Waals surface area contributed by atoms with Crippen molar-refractivity contribution in [3.05, 3.63) is 34.3 Å². The summed E-state index contributed by atoms with van der Waals surface area (Å²) >= 11 is 3.32. The zero-order chi connectivity index (χ0) is 22.1. The van der Waals surface area contributed by atoms with Gasteiger partial charge in [0, 0.05) is 42.8 Å². The predicted molar refractivity (Wildman–Crippen MR) is 118 cm³/mol. The molecule has 1 aliphatic rings. The first-order valence-electron chi connectivity index (χ1n) is 10.1. The van der Waals surface area contributed by atoms with Gasteiger partial charge in [-0.2, -0.15) is 0 Å². The van der Waals surface area contributed by atoms with Gasteiger partial charge in [0.1, 0.15) is 5.60 Å². The van der Waals surface area contributed by atoms with Crippen LogP contribution in [0.2, 0.25) is 0 Å². The minimum absolute atomic E-state index is 0.0556. The molecule has 0 aromatic heterocycles. The number of piperazine rings is 1. The van der Waals surface area contributed by atoms with Crippen molar-refractivity contribution >= 4 is 33.8 Å². The van der Waals surface area contributed by atoms with Gasteiger partial charge in [0.2, 0.25) is 5.91 Å². The van der Waals surface area contributed by atoms with E-state index in [2.05, 4.69) is 31.5 Å². The van der Waals surface area contributed by atoms with E-state index < -0.39 is 5.60 Å². The maximum atomic E-state index is 12.1. The van der Waals surface area contributed by atoms with Crippen LogP contribution in [-0.4, -0.2) is 79.1 Å². The lowest BCUT2D eigenvalue weighted by Crippen LogP contribution is -2.50. The fraction of sp³-hybridized carbons (Fsp3) is 0.571. The topological polar surface area (TPSA) is 91.0 Å². The lowest BCUT2D eigenvalue weighted by Gasteiger charge is -2.35. The molecule has 1 aliphatic heterocycles. The second-order valence-corrected chi connectivity index (χ2v) is 9.12. The van der Waals surface area contributed by atoms with Crippen molar-refractivity contribution in [2.24, 2.45) is 0 Å². The van der Waals surface area contributed by atoms with E-state index in [1.54, 1.807) is 23.1 Å². The van der Waals surface area contributed by atoms with E-state index in [0.717, 1.165) is 30.5 Å². The highest BCUT2D eigenvalue weighted by Gasteiger charge is 2.25. The Morgan fingerprint density at radius 1 is 1.10 bits per heavy atom. The first-order valence-corrected chi connectivity index (χ1v) is 10.9. The summed E-state index contributed by atoms with van der Waals surface area (Å²) in [6.45, 7) is 9.77. The number of hydrogen-bond donors (Lipinski definition) is 2. The van der Waals surface area contributed by atoms with Gasteiger partial charge in [0.05, 0.1) is 6.54 Å². The van der Waals surface area contributed by atoms with Gasteiger partial charge in [-0.15, -0.1) is 0 Å². The van der Waals surface area contributed by atoms with Crippen molar-refractivity contribution in [2.45, 2.75) is 32.8 Å². The molecular weight excluding hydrogens is 452 g/mol. The smallest absolute Gasteiger partial charge is 0.410 e. The van der Waals surface area contributed by atoms with Crippen molar-refractivity contribution in [1.82, 2.24) is 20.4 Å². The van der Waals surface area contributed by atoms with Gasteiger partial charge in [0.25, 0.3) is 5.91 Å². The van der Waals surface area contributed by atoms with E-state index in [4.69, 9.17) is 4.74 Å². The molecule has 0 spiro atoms. The molecule has 0 bridgehead atoms. The summed E-state index contributed by atoms with van der Waals surface area (Å²) in [6, 6.07) is 7.00. The average Bonchev–Trinajstić information content (AvgIpc) is 2.68. The van der Waals surface area contributed by atoms with Crippen molar-refractivity contribution in [3.63, 3.8) is 0 Å². The third kappa shape index (κ3) is 8.71. The summed E-state index contributed by atoms with van der Waals surface area (Å²) in [5.41, 5.74) is 0.0202. The Labute approximate surface area is 186 Å². The summed E-state index contributed by atoms with van der Waals surface area (Å²) < 4.78 is 6.21. The highest BCUT2D eigenvalue weighted by Crippen LogP contribution is 2.12. The molecule has 0 atom stereocenters. The largest absolute Gasteiger partial charge is 0.444 e. The molecule has 0 aliphatic carbocycles. The first kappa shape index (κ1) is 24.1. The summed E-state index contributed by atoms with van der Waals surface area (Å²) in [4.78, 5) is 40.0. The highest BCUT2D eigenvalue weighted by atomic mass is 79.9. The van der Waals surface area contributed by atoms with Crippen molar-refractivity contribution in [1.29, 1.82) is 0 Å². The number of amides is 3. The maximum Gasteiger partial charge on any atom is 0.410 e. The van der Waals surface area contributed by atoms with Crippen LogP contribution in [0.25, 0.3) is 0 Å². The van der Waals surface area contributed by atoms with Gasteiger partial charge >= 0.3 is 6.09 Å². The molecule has 2 N–H and O–H groups in total. The number of carbonyl (C=O) groups excluding carboxylic acids is 3. The van der Waals surface area contributed by atoms with Crippen LogP contribution in [0, 0.1) is 0 Å². The van der Waals surface area contributed by atoms with Crippen LogP contribution in [-0.2, 0) is 9.53 Å². The fourth-order valence-electron chi connectivity index (χ4n) is 2.97. The van der Waals surface area contributed by atoms with Gasteiger partial charge in [-0.25, -0.2) is 4.79 Å². The molecule has 2 rings (SSSR count). The number of halogens is 1. The Hall–Kier alpha value is -2.13. The van der Waals surface area contributed by atoms with E-state index in [-0.39, 0.29) is 24.5 Å². The quantitative estimate of drug-likeness (QED) is 0.581. The van der Waals surface area contributed by atoms with Gasteiger partial charge in [-0.3, -0.25) is 14.5 Å². The summed E-state index contributed by atoms with van der Waals surface area (Å²) in [5.74, 6) is -0.498. The van der Waals surface area contributed by atoms with Crippen molar-refractivity contribution < 1.29 is 19.1 Å². The van der Waals surface area contributed by atoms with Crippen molar-refractivity contribution in [2.75, 3.05) is 45.8 Å². The number of hydrogen-bond acceptors (Lipinski definition) is 5. The number of nitrogens with one attached hydrogen (secondary N) is 2. The van der Waals surface area contributed by atoms with E-state index in [9.17, 15) is 14.4 Å². The Morgan fingerprint density at radius 3 is 2.43 bits per heavy atom. The number of nitrogens with zero attached hydrogens (tertiary/aromatic N) is 2. The number of carbonyl (C=O) groups is 3. The van der Waals surface area contributed by atoms with Crippen molar-refractivity contribution in [3.8, 4) is 0 Å². The lowest BCUT2D eigenvalue weighted by molar-refractivity contribution is -0.120. The zero-order valence-electron chi connectivity index (χ0n) is 17.9. The molecule has 0 unspecified atom stereocenters. The van der Waals surface area contributed by atoms with Gasteiger partial charge in [-0.05, 0) is 51.9 Å². The van der Waals surface area contributed by atoms with Crippen LogP contribution in [0.5, 0.6) is 0 Å². The second-order valence-electron chi connectivity index (χ2n) is 8.21. The number of benzene rings is 1. The predicted octanol–water partition coefficient (Wildman–Crippen LogP) is 2.24. The standard InChI is InChI=1S/C21H31BrN4O4/c1-21(2,3)30-20(29)26-12-10-25(11-13-26)9-5-8-23-18(27)15-24-19(28)16-6-4-7-17(22)14-16/h4,6-7,14H,5,8-13,15H2,1-3H3,(H,23,27)(H,24,28). The molecule has 1 saturated heterocycles. The highest BCUT2D eigenvalue weighted by molar-refractivity contribution is 9.10. The molecule has 0 saturated carbocycles. The molecule has 1 aromatic rings. The third-order valence-electron chi connectivity index (χ3n) is 4.49. The third-order valence-corrected chi connectivity index (χ3v) is 4.99. The van der Waals surface area contributed by atoms with Crippen LogP contribution in [0.1, 0.15) is 37.6 Å².